The molecule has 1 saturated carbocycles. The fourth-order valence-electron chi connectivity index (χ4n) is 2.62. The van der Waals surface area contributed by atoms with Crippen LogP contribution in [0.1, 0.15) is 41.6 Å². The Morgan fingerprint density at radius 3 is 2.71 bits per heavy atom. The van der Waals surface area contributed by atoms with Gasteiger partial charge in [0.2, 0.25) is 0 Å². The van der Waals surface area contributed by atoms with Crippen molar-refractivity contribution in [3.05, 3.63) is 23.4 Å². The van der Waals surface area contributed by atoms with Crippen molar-refractivity contribution in [2.24, 2.45) is 11.1 Å². The van der Waals surface area contributed by atoms with Gasteiger partial charge in [0.05, 0.1) is 5.56 Å². The first-order valence-electron chi connectivity index (χ1n) is 6.06. The van der Waals surface area contributed by atoms with Crippen LogP contribution in [0.15, 0.2) is 12.3 Å². The molecule has 0 radical (unpaired) electrons. The van der Waals surface area contributed by atoms with Crippen LogP contribution in [0, 0.1) is 12.3 Å². The predicted octanol–water partition coefficient (Wildman–Crippen LogP) is 1.67. The Hall–Kier alpha value is -1.42. The SMILES string of the molecule is Cc1cnc(N)c(C(=O)C2(CN)CCCC2)c1. The molecule has 92 valence electrons. The Balaban J connectivity index is 2.39. The van der Waals surface area contributed by atoms with E-state index in [2.05, 4.69) is 4.98 Å². The second kappa shape index (κ2) is 4.45. The molecule has 0 amide bonds. The van der Waals surface area contributed by atoms with Crippen molar-refractivity contribution in [3.8, 4) is 0 Å². The summed E-state index contributed by atoms with van der Waals surface area (Å²) < 4.78 is 0. The van der Waals surface area contributed by atoms with Crippen molar-refractivity contribution in [1.29, 1.82) is 0 Å². The molecule has 0 unspecified atom stereocenters. The minimum atomic E-state index is -0.399. The second-order valence-corrected chi connectivity index (χ2v) is 4.97. The van der Waals surface area contributed by atoms with E-state index in [0.29, 0.717) is 17.9 Å². The minimum absolute atomic E-state index is 0.0752. The molecule has 1 aromatic heterocycles. The number of nitrogen functional groups attached to an aromatic ring is 1. The highest BCUT2D eigenvalue weighted by molar-refractivity contribution is 6.04. The number of hydrogen-bond acceptors (Lipinski definition) is 4. The quantitative estimate of drug-likeness (QED) is 0.778. The maximum absolute atomic E-state index is 12.6. The molecule has 1 aliphatic carbocycles. The van der Waals surface area contributed by atoms with Crippen molar-refractivity contribution < 1.29 is 4.79 Å². The number of hydrogen-bond donors (Lipinski definition) is 2. The van der Waals surface area contributed by atoms with Crippen LogP contribution in [0.3, 0.4) is 0 Å². The Bertz CT molecular complexity index is 436. The van der Waals surface area contributed by atoms with Crippen LogP contribution in [0.2, 0.25) is 0 Å². The first-order chi connectivity index (χ1) is 8.09. The van der Waals surface area contributed by atoms with Gasteiger partial charge >= 0.3 is 0 Å². The lowest BCUT2D eigenvalue weighted by atomic mass is 9.79. The van der Waals surface area contributed by atoms with Crippen LogP contribution >= 0.6 is 0 Å². The van der Waals surface area contributed by atoms with Crippen LogP contribution < -0.4 is 11.5 Å². The maximum Gasteiger partial charge on any atom is 0.173 e. The number of ketones is 1. The van der Waals surface area contributed by atoms with Gasteiger partial charge in [-0.2, -0.15) is 0 Å². The zero-order chi connectivity index (χ0) is 12.5. The summed E-state index contributed by atoms with van der Waals surface area (Å²) >= 11 is 0. The molecule has 1 aliphatic rings. The van der Waals surface area contributed by atoms with Crippen LogP contribution in [0.25, 0.3) is 0 Å². The topological polar surface area (TPSA) is 82.0 Å². The first kappa shape index (κ1) is 12.0. The van der Waals surface area contributed by atoms with Gasteiger partial charge in [-0.3, -0.25) is 4.79 Å². The van der Waals surface area contributed by atoms with Crippen LogP contribution in [0.4, 0.5) is 5.82 Å². The molecule has 0 spiro atoms. The van der Waals surface area contributed by atoms with Gasteiger partial charge < -0.3 is 11.5 Å². The summed E-state index contributed by atoms with van der Waals surface area (Å²) in [6, 6.07) is 1.82. The molecule has 0 atom stereocenters. The van der Waals surface area contributed by atoms with Crippen LogP contribution in [0.5, 0.6) is 0 Å². The molecular weight excluding hydrogens is 214 g/mol. The molecule has 4 N–H and O–H groups in total. The third-order valence-corrected chi connectivity index (χ3v) is 3.73. The summed E-state index contributed by atoms with van der Waals surface area (Å²) in [5.74, 6) is 0.395. The standard InChI is InChI=1S/C13H19N3O/c1-9-6-10(12(15)16-7-9)11(17)13(8-14)4-2-3-5-13/h6-7H,2-5,8,14H2,1H3,(H2,15,16). The van der Waals surface area contributed by atoms with Crippen molar-refractivity contribution in [1.82, 2.24) is 4.98 Å². The van der Waals surface area contributed by atoms with E-state index in [0.717, 1.165) is 31.2 Å². The number of aromatic nitrogens is 1. The van der Waals surface area contributed by atoms with Gasteiger partial charge in [0.1, 0.15) is 5.82 Å². The van der Waals surface area contributed by atoms with Gasteiger partial charge in [-0.05, 0) is 31.4 Å². The number of nitrogens with two attached hydrogens (primary N) is 2. The van der Waals surface area contributed by atoms with Gasteiger partial charge in [0, 0.05) is 18.2 Å². The first-order valence-corrected chi connectivity index (χ1v) is 6.06. The predicted molar refractivity (Wildman–Crippen MR) is 67.7 cm³/mol. The van der Waals surface area contributed by atoms with Crippen LogP contribution in [-0.2, 0) is 0 Å². The number of anilines is 1. The molecule has 0 saturated heterocycles. The van der Waals surface area contributed by atoms with E-state index in [1.54, 1.807) is 6.20 Å². The molecule has 0 aromatic carbocycles. The van der Waals surface area contributed by atoms with Gasteiger partial charge in [-0.25, -0.2) is 4.98 Å². The smallest absolute Gasteiger partial charge is 0.173 e. The third kappa shape index (κ3) is 2.05. The Morgan fingerprint density at radius 2 is 2.12 bits per heavy atom. The van der Waals surface area contributed by atoms with Gasteiger partial charge in [0.25, 0.3) is 0 Å². The molecule has 1 aromatic rings. The van der Waals surface area contributed by atoms with Crippen molar-refractivity contribution >= 4 is 11.6 Å². The fourth-order valence-corrected chi connectivity index (χ4v) is 2.62. The summed E-state index contributed by atoms with van der Waals surface area (Å²) in [4.78, 5) is 16.6. The number of pyridine rings is 1. The lowest BCUT2D eigenvalue weighted by molar-refractivity contribution is 0.0810. The molecule has 0 aliphatic heterocycles. The van der Waals surface area contributed by atoms with Crippen molar-refractivity contribution in [2.75, 3.05) is 12.3 Å². The molecule has 1 heterocycles. The Morgan fingerprint density at radius 1 is 1.47 bits per heavy atom. The van der Waals surface area contributed by atoms with E-state index in [1.807, 2.05) is 13.0 Å². The van der Waals surface area contributed by atoms with E-state index < -0.39 is 5.41 Å². The summed E-state index contributed by atoms with van der Waals surface area (Å²) in [6.45, 7) is 2.31. The van der Waals surface area contributed by atoms with Gasteiger partial charge in [-0.1, -0.05) is 12.8 Å². The van der Waals surface area contributed by atoms with Gasteiger partial charge in [-0.15, -0.1) is 0 Å². The summed E-state index contributed by atoms with van der Waals surface area (Å²) in [5.41, 5.74) is 12.7. The average molecular weight is 233 g/mol. The maximum atomic E-state index is 12.6. The number of carbonyl (C=O) groups excluding carboxylic acids is 1. The number of rotatable bonds is 3. The molecule has 1 fully saturated rings. The molecular formula is C13H19N3O. The molecule has 0 bridgehead atoms. The highest BCUT2D eigenvalue weighted by Gasteiger charge is 2.40. The average Bonchev–Trinajstić information content (AvgIpc) is 2.81. The lowest BCUT2D eigenvalue weighted by Crippen LogP contribution is -2.36. The summed E-state index contributed by atoms with van der Waals surface area (Å²) in [5, 5.41) is 0. The Kier molecular flexibility index (Phi) is 3.15. The molecule has 2 rings (SSSR count). The molecule has 4 nitrogen and oxygen atoms in total. The third-order valence-electron chi connectivity index (χ3n) is 3.73. The zero-order valence-corrected chi connectivity index (χ0v) is 10.2. The second-order valence-electron chi connectivity index (χ2n) is 4.97. The van der Waals surface area contributed by atoms with Crippen molar-refractivity contribution in [2.45, 2.75) is 32.6 Å². The van der Waals surface area contributed by atoms with Crippen molar-refractivity contribution in [3.63, 3.8) is 0 Å². The fraction of sp³-hybridized carbons (Fsp3) is 0.538. The van der Waals surface area contributed by atoms with E-state index in [1.165, 1.54) is 0 Å². The normalized spacial score (nSPS) is 18.2. The van der Waals surface area contributed by atoms with Gasteiger partial charge in [0.15, 0.2) is 5.78 Å². The summed E-state index contributed by atoms with van der Waals surface area (Å²) in [7, 11) is 0. The van der Waals surface area contributed by atoms with Crippen LogP contribution in [-0.4, -0.2) is 17.3 Å². The molecule has 4 heteroatoms. The highest BCUT2D eigenvalue weighted by Crippen LogP contribution is 2.40. The lowest BCUT2D eigenvalue weighted by Gasteiger charge is -2.25. The Labute approximate surface area is 101 Å². The van der Waals surface area contributed by atoms with E-state index in [9.17, 15) is 4.79 Å². The van der Waals surface area contributed by atoms with E-state index in [-0.39, 0.29) is 5.78 Å². The molecule has 17 heavy (non-hydrogen) atoms. The number of carbonyl (C=O) groups is 1. The zero-order valence-electron chi connectivity index (χ0n) is 10.2. The minimum Gasteiger partial charge on any atom is -0.383 e. The number of nitrogens with zero attached hydrogens (tertiary/aromatic N) is 1. The number of aryl methyl sites for hydroxylation is 1. The van der Waals surface area contributed by atoms with E-state index >= 15 is 0 Å². The highest BCUT2D eigenvalue weighted by atomic mass is 16.1. The monoisotopic (exact) mass is 233 g/mol. The number of Topliss-reactive ketones (excluding diaryl/α,β-unsaturated/α-hetero) is 1. The van der Waals surface area contributed by atoms with E-state index in [4.69, 9.17) is 11.5 Å². The summed E-state index contributed by atoms with van der Waals surface area (Å²) in [6.07, 6.45) is 5.56. The largest absolute Gasteiger partial charge is 0.383 e.